The van der Waals surface area contributed by atoms with E-state index in [4.69, 9.17) is 38.9 Å². The third-order valence-corrected chi connectivity index (χ3v) is 8.79. The summed E-state index contributed by atoms with van der Waals surface area (Å²) in [6.07, 6.45) is 28.8. The normalized spacial score (nSPS) is 16.7. The van der Waals surface area contributed by atoms with E-state index in [9.17, 15) is 14.4 Å². The Morgan fingerprint density at radius 2 is 1.03 bits per heavy atom. The van der Waals surface area contributed by atoms with Crippen LogP contribution in [0.25, 0.3) is 0 Å². The van der Waals surface area contributed by atoms with Gasteiger partial charge in [-0.25, -0.2) is 4.57 Å². The molecular formula is C45H84NO13P. The number of aliphatic hydroxyl groups excluding tert-OH is 1. The number of cyclic esters (lactones) is 2. The van der Waals surface area contributed by atoms with Crippen LogP contribution in [0.15, 0.2) is 30.3 Å². The first-order valence-corrected chi connectivity index (χ1v) is 24.4. The van der Waals surface area contributed by atoms with E-state index in [0.29, 0.717) is 45.2 Å². The summed E-state index contributed by atoms with van der Waals surface area (Å²) in [5, 5.41) is 19.9. The number of carboxylic acids is 1. The van der Waals surface area contributed by atoms with Crippen molar-refractivity contribution in [2.75, 3.05) is 52.7 Å². The van der Waals surface area contributed by atoms with Gasteiger partial charge in [0.2, 0.25) is 0 Å². The van der Waals surface area contributed by atoms with E-state index in [1.165, 1.54) is 109 Å². The molecule has 0 amide bonds. The van der Waals surface area contributed by atoms with E-state index in [-0.39, 0.29) is 11.9 Å². The summed E-state index contributed by atoms with van der Waals surface area (Å²) < 4.78 is 27.9. The number of ether oxygens (including phenoxy) is 4. The number of epoxide rings is 2. The van der Waals surface area contributed by atoms with Crippen LogP contribution in [0.2, 0.25) is 0 Å². The summed E-state index contributed by atoms with van der Waals surface area (Å²) >= 11 is 0. The first-order chi connectivity index (χ1) is 28.9. The summed E-state index contributed by atoms with van der Waals surface area (Å²) in [5.41, 5.74) is 1.30. The van der Waals surface area contributed by atoms with Gasteiger partial charge in [0.15, 0.2) is 0 Å². The molecule has 15 heteroatoms. The second kappa shape index (κ2) is 46.1. The van der Waals surface area contributed by atoms with Crippen molar-refractivity contribution in [3.63, 3.8) is 0 Å². The molecule has 0 radical (unpaired) electrons. The maximum absolute atomic E-state index is 10.5. The number of nitrogens with one attached hydrogen (secondary N) is 1. The highest BCUT2D eigenvalue weighted by molar-refractivity contribution is 7.45. The monoisotopic (exact) mass is 878 g/mol. The number of esters is 2. The number of aliphatic hydroxyl groups is 1. The van der Waals surface area contributed by atoms with Gasteiger partial charge in [-0.2, -0.15) is 0 Å². The molecule has 5 aliphatic rings. The van der Waals surface area contributed by atoms with Gasteiger partial charge in [0, 0.05) is 39.0 Å². The van der Waals surface area contributed by atoms with Crippen molar-refractivity contribution in [3.05, 3.63) is 35.9 Å². The quantitative estimate of drug-likeness (QED) is 0.0329. The van der Waals surface area contributed by atoms with Gasteiger partial charge in [0.05, 0.1) is 33.0 Å². The summed E-state index contributed by atoms with van der Waals surface area (Å²) in [5.74, 6) is -0.721. The molecule has 60 heavy (non-hydrogen) atoms. The van der Waals surface area contributed by atoms with Crippen LogP contribution < -0.4 is 5.32 Å². The molecule has 1 aromatic rings. The van der Waals surface area contributed by atoms with Gasteiger partial charge in [-0.15, -0.1) is 0 Å². The van der Waals surface area contributed by atoms with Crippen molar-refractivity contribution in [2.24, 2.45) is 0 Å². The number of rotatable bonds is 19. The van der Waals surface area contributed by atoms with Crippen LogP contribution in [0.1, 0.15) is 186 Å². The van der Waals surface area contributed by atoms with E-state index in [0.717, 1.165) is 71.2 Å². The van der Waals surface area contributed by atoms with Gasteiger partial charge in [-0.1, -0.05) is 140 Å². The Morgan fingerprint density at radius 3 is 1.38 bits per heavy atom. The maximum Gasteiger partial charge on any atom is 0.466 e. The number of hydrogen-bond donors (Lipinski definition) is 6. The lowest BCUT2D eigenvalue weighted by Gasteiger charge is -2.08. The molecule has 352 valence electrons. The minimum Gasteiger partial charge on any atom is -0.481 e. The zero-order valence-corrected chi connectivity index (χ0v) is 38.1. The van der Waals surface area contributed by atoms with Crippen LogP contribution in [-0.2, 0) is 37.9 Å². The average Bonchev–Trinajstić information content (AvgIpc) is 4.04. The summed E-state index contributed by atoms with van der Waals surface area (Å²) in [4.78, 5) is 52.5. The van der Waals surface area contributed by atoms with Gasteiger partial charge in [-0.05, 0) is 50.5 Å². The molecule has 6 rings (SSSR count). The molecule has 0 aromatic heterocycles. The zero-order valence-electron chi connectivity index (χ0n) is 37.2. The summed E-state index contributed by atoms with van der Waals surface area (Å²) in [6, 6.07) is 10.3. The van der Waals surface area contributed by atoms with E-state index < -0.39 is 13.8 Å². The molecule has 1 unspecified atom stereocenters. The largest absolute Gasteiger partial charge is 0.481 e. The number of unbranched alkanes of at least 4 members (excludes halogenated alkanes) is 15. The fourth-order valence-corrected chi connectivity index (χ4v) is 5.18. The van der Waals surface area contributed by atoms with Crippen molar-refractivity contribution in [2.45, 2.75) is 180 Å². The number of hydrogen-bond acceptors (Lipinski definition) is 10. The van der Waals surface area contributed by atoms with Gasteiger partial charge >= 0.3 is 25.7 Å². The lowest BCUT2D eigenvalue weighted by atomic mass is 10.1. The summed E-state index contributed by atoms with van der Waals surface area (Å²) in [6.45, 7) is 11.5. The minimum atomic E-state index is -4.64. The van der Waals surface area contributed by atoms with Crippen molar-refractivity contribution in [1.82, 2.24) is 5.32 Å². The van der Waals surface area contributed by atoms with Crippen molar-refractivity contribution >= 4 is 25.7 Å². The molecule has 1 aromatic carbocycles. The number of benzene rings is 1. The third kappa shape index (κ3) is 64.7. The predicted octanol–water partition coefficient (Wildman–Crippen LogP) is 9.36. The predicted molar refractivity (Wildman–Crippen MR) is 236 cm³/mol. The molecular weight excluding hydrogens is 793 g/mol. The first-order valence-electron chi connectivity index (χ1n) is 22.8. The third-order valence-electron chi connectivity index (χ3n) is 8.79. The Labute approximate surface area is 362 Å². The van der Waals surface area contributed by atoms with Crippen molar-refractivity contribution in [3.8, 4) is 0 Å². The molecule has 14 nitrogen and oxygen atoms in total. The fraction of sp³-hybridized carbons (Fsp3) is 0.800. The average molecular weight is 878 g/mol. The Balaban J connectivity index is 0. The molecule has 0 saturated carbocycles. The maximum atomic E-state index is 10.5. The molecule has 0 spiro atoms. The zero-order chi connectivity index (χ0) is 44.8. The number of carboxylic acid groups (broad SMARTS) is 1. The smallest absolute Gasteiger partial charge is 0.466 e. The Bertz CT molecular complexity index is 1090. The van der Waals surface area contributed by atoms with Crippen LogP contribution in [0, 0.1) is 0 Å². The minimum absolute atomic E-state index is 0.0255. The second-order valence-corrected chi connectivity index (χ2v) is 16.0. The number of carbonyl (C=O) groups excluding carboxylic acids is 2. The van der Waals surface area contributed by atoms with Gasteiger partial charge < -0.3 is 49.2 Å². The SMILES string of the molecule is C1CN1.C1CO1.CCCCCCCCCCCC(=O)O.CCCCCCCCCCO.O=C1CCCCCO1.O=C1CCCCO1.O=P(O)(O)O.c1ccc(C2CO2)cc1. The van der Waals surface area contributed by atoms with Crippen molar-refractivity contribution < 1.29 is 62.8 Å². The first kappa shape index (κ1) is 59.7. The van der Waals surface area contributed by atoms with E-state index in [1.54, 1.807) is 0 Å². The lowest BCUT2D eigenvalue weighted by molar-refractivity contribution is -0.146. The second-order valence-electron chi connectivity index (χ2n) is 15.0. The van der Waals surface area contributed by atoms with Crippen molar-refractivity contribution in [1.29, 1.82) is 0 Å². The lowest BCUT2D eigenvalue weighted by Crippen LogP contribution is -2.10. The summed E-state index contributed by atoms with van der Waals surface area (Å²) in [7, 11) is -4.64. The Kier molecular flexibility index (Phi) is 45.8. The van der Waals surface area contributed by atoms with E-state index >= 15 is 0 Å². The van der Waals surface area contributed by atoms with E-state index in [2.05, 4.69) is 40.8 Å². The van der Waals surface area contributed by atoms with Crippen LogP contribution >= 0.6 is 7.82 Å². The molecule has 5 saturated heterocycles. The van der Waals surface area contributed by atoms with Gasteiger partial charge in [0.1, 0.15) is 6.10 Å². The molecule has 5 aliphatic heterocycles. The molecule has 5 heterocycles. The molecule has 5 fully saturated rings. The highest BCUT2D eigenvalue weighted by Crippen LogP contribution is 2.28. The van der Waals surface area contributed by atoms with E-state index in [1.807, 2.05) is 18.2 Å². The Hall–Kier alpha value is -2.42. The highest BCUT2D eigenvalue weighted by Gasteiger charge is 2.23. The van der Waals surface area contributed by atoms with Gasteiger partial charge in [-0.3, -0.25) is 14.4 Å². The molecule has 1 atom stereocenters. The number of phosphoric acid groups is 1. The number of aliphatic carboxylic acids is 1. The van der Waals surface area contributed by atoms with Crippen LogP contribution in [0.3, 0.4) is 0 Å². The molecule has 0 bridgehead atoms. The standard InChI is InChI=1S/C12H24O2.C10H22O.C8H8O.C6H10O2.C5H8O2.C2H5N.C2H4O.H3O4P/c1-2-3-4-5-6-7-8-9-10-11-12(13)14;1-2-3-4-5-6-7-8-9-10-11;1-2-4-7(5-3-1)8-6-9-8;7-6-4-2-1-3-5-8-6;6-5-3-1-2-4-7-5;2*1-2-3-1;1-5(2,3)4/h2-11H2,1H3,(H,13,14);11H,2-10H2,1H3;1-5,8H,6H2;1-5H2;1-4H2;3H,1-2H2;1-2H2;(H3,1,2,3,4). The van der Waals surface area contributed by atoms with Crippen LogP contribution in [0.4, 0.5) is 0 Å². The molecule has 0 aliphatic carbocycles. The Morgan fingerprint density at radius 1 is 0.650 bits per heavy atom. The molecule has 6 N–H and O–H groups in total. The number of carbonyl (C=O) groups is 3. The highest BCUT2D eigenvalue weighted by atomic mass is 31.2. The van der Waals surface area contributed by atoms with Crippen LogP contribution in [0.5, 0.6) is 0 Å². The fourth-order valence-electron chi connectivity index (χ4n) is 5.18. The van der Waals surface area contributed by atoms with Gasteiger partial charge in [0.25, 0.3) is 0 Å². The topological polar surface area (TPSA) is 235 Å². The van der Waals surface area contributed by atoms with Crippen LogP contribution in [-0.4, -0.2) is 95.5 Å².